The van der Waals surface area contributed by atoms with E-state index in [1.54, 1.807) is 0 Å². The summed E-state index contributed by atoms with van der Waals surface area (Å²) in [7, 11) is 0. The highest BCUT2D eigenvalue weighted by Gasteiger charge is 2.16. The van der Waals surface area contributed by atoms with Crippen LogP contribution >= 0.6 is 0 Å². The predicted molar refractivity (Wildman–Crippen MR) is 74.6 cm³/mol. The minimum absolute atomic E-state index is 0.0609. The highest BCUT2D eigenvalue weighted by molar-refractivity contribution is 5.28. The molecule has 2 aromatic carbocycles. The SMILES string of the molecule is Cc1cccc(OC(C)C(N)c2ccccc2)c1. The maximum Gasteiger partial charge on any atom is 0.120 e. The molecule has 0 radical (unpaired) electrons. The molecule has 0 amide bonds. The fourth-order valence-electron chi connectivity index (χ4n) is 1.92. The Balaban J connectivity index is 2.06. The highest BCUT2D eigenvalue weighted by atomic mass is 16.5. The lowest BCUT2D eigenvalue weighted by Crippen LogP contribution is -2.28. The average molecular weight is 241 g/mol. The first kappa shape index (κ1) is 12.7. The van der Waals surface area contributed by atoms with Gasteiger partial charge in [-0.05, 0) is 37.1 Å². The van der Waals surface area contributed by atoms with Gasteiger partial charge in [0.15, 0.2) is 0 Å². The Morgan fingerprint density at radius 1 is 1.00 bits per heavy atom. The molecular formula is C16H19NO. The second-order valence-electron chi connectivity index (χ2n) is 4.58. The van der Waals surface area contributed by atoms with Gasteiger partial charge in [0.05, 0.1) is 6.04 Å². The van der Waals surface area contributed by atoms with Crippen LogP contribution in [0.1, 0.15) is 24.1 Å². The molecule has 2 nitrogen and oxygen atoms in total. The summed E-state index contributed by atoms with van der Waals surface area (Å²) in [6, 6.07) is 17.9. The van der Waals surface area contributed by atoms with Crippen LogP contribution in [0.25, 0.3) is 0 Å². The standard InChI is InChI=1S/C16H19NO/c1-12-7-6-10-15(11-12)18-13(2)16(17)14-8-4-3-5-9-14/h3-11,13,16H,17H2,1-2H3. The van der Waals surface area contributed by atoms with Crippen LogP contribution in [-0.2, 0) is 0 Å². The van der Waals surface area contributed by atoms with Crippen LogP contribution < -0.4 is 10.5 Å². The second-order valence-corrected chi connectivity index (χ2v) is 4.58. The number of ether oxygens (including phenoxy) is 1. The summed E-state index contributed by atoms with van der Waals surface area (Å²) in [5.74, 6) is 0.869. The molecule has 0 heterocycles. The van der Waals surface area contributed by atoms with E-state index in [0.29, 0.717) is 0 Å². The van der Waals surface area contributed by atoms with Crippen LogP contribution in [0.5, 0.6) is 5.75 Å². The number of aryl methyl sites for hydroxylation is 1. The summed E-state index contributed by atoms with van der Waals surface area (Å²) in [5.41, 5.74) is 8.48. The van der Waals surface area contributed by atoms with Gasteiger partial charge >= 0.3 is 0 Å². The first-order chi connectivity index (χ1) is 8.66. The summed E-state index contributed by atoms with van der Waals surface area (Å²) in [5, 5.41) is 0. The van der Waals surface area contributed by atoms with Gasteiger partial charge in [-0.1, -0.05) is 42.5 Å². The van der Waals surface area contributed by atoms with Crippen LogP contribution in [0.4, 0.5) is 0 Å². The highest BCUT2D eigenvalue weighted by Crippen LogP contribution is 2.20. The number of nitrogens with two attached hydrogens (primary N) is 1. The van der Waals surface area contributed by atoms with Gasteiger partial charge in [-0.2, -0.15) is 0 Å². The number of hydrogen-bond acceptors (Lipinski definition) is 2. The molecule has 94 valence electrons. The van der Waals surface area contributed by atoms with Crippen LogP contribution in [0.15, 0.2) is 54.6 Å². The molecule has 0 aliphatic carbocycles. The van der Waals surface area contributed by atoms with Crippen molar-refractivity contribution in [2.24, 2.45) is 5.73 Å². The lowest BCUT2D eigenvalue weighted by molar-refractivity contribution is 0.190. The molecule has 2 aromatic rings. The molecule has 0 bridgehead atoms. The molecule has 0 fully saturated rings. The van der Waals surface area contributed by atoms with Crippen molar-refractivity contribution < 1.29 is 4.74 Å². The first-order valence-corrected chi connectivity index (χ1v) is 6.20. The molecule has 2 rings (SSSR count). The van der Waals surface area contributed by atoms with Gasteiger partial charge in [-0.3, -0.25) is 0 Å². The summed E-state index contributed by atoms with van der Waals surface area (Å²) < 4.78 is 5.89. The molecule has 0 spiro atoms. The topological polar surface area (TPSA) is 35.2 Å². The lowest BCUT2D eigenvalue weighted by Gasteiger charge is -2.22. The minimum atomic E-state index is -0.119. The Hall–Kier alpha value is -1.80. The Bertz CT molecular complexity index is 495. The van der Waals surface area contributed by atoms with Crippen molar-refractivity contribution in [1.82, 2.24) is 0 Å². The number of benzene rings is 2. The van der Waals surface area contributed by atoms with Crippen molar-refractivity contribution in [1.29, 1.82) is 0 Å². The van der Waals surface area contributed by atoms with Crippen molar-refractivity contribution in [3.05, 3.63) is 65.7 Å². The van der Waals surface area contributed by atoms with Gasteiger partial charge < -0.3 is 10.5 Å². The van der Waals surface area contributed by atoms with E-state index in [4.69, 9.17) is 10.5 Å². The fourth-order valence-corrected chi connectivity index (χ4v) is 1.92. The molecule has 0 saturated carbocycles. The minimum Gasteiger partial charge on any atom is -0.489 e. The quantitative estimate of drug-likeness (QED) is 0.889. The van der Waals surface area contributed by atoms with Crippen molar-refractivity contribution >= 4 is 0 Å². The molecule has 2 heteroatoms. The van der Waals surface area contributed by atoms with E-state index in [1.165, 1.54) is 5.56 Å². The summed E-state index contributed by atoms with van der Waals surface area (Å²) >= 11 is 0. The molecule has 0 aliphatic heterocycles. The third-order valence-corrected chi connectivity index (χ3v) is 3.00. The molecule has 2 atom stereocenters. The Morgan fingerprint density at radius 3 is 2.39 bits per heavy atom. The van der Waals surface area contributed by atoms with E-state index in [-0.39, 0.29) is 12.1 Å². The monoisotopic (exact) mass is 241 g/mol. The van der Waals surface area contributed by atoms with E-state index in [9.17, 15) is 0 Å². The van der Waals surface area contributed by atoms with Crippen LogP contribution in [0.2, 0.25) is 0 Å². The van der Waals surface area contributed by atoms with E-state index in [1.807, 2.05) is 55.5 Å². The summed E-state index contributed by atoms with van der Waals surface area (Å²) in [6.07, 6.45) is -0.0609. The fraction of sp³-hybridized carbons (Fsp3) is 0.250. The van der Waals surface area contributed by atoms with Crippen molar-refractivity contribution in [2.45, 2.75) is 26.0 Å². The van der Waals surface area contributed by atoms with Crippen molar-refractivity contribution in [3.8, 4) is 5.75 Å². The van der Waals surface area contributed by atoms with Gasteiger partial charge in [0.25, 0.3) is 0 Å². The second kappa shape index (κ2) is 5.69. The lowest BCUT2D eigenvalue weighted by atomic mass is 10.0. The molecular weight excluding hydrogens is 222 g/mol. The van der Waals surface area contributed by atoms with Gasteiger partial charge in [0, 0.05) is 0 Å². The normalized spacial score (nSPS) is 13.9. The smallest absolute Gasteiger partial charge is 0.120 e. The number of hydrogen-bond donors (Lipinski definition) is 1. The van der Waals surface area contributed by atoms with Crippen molar-refractivity contribution in [2.75, 3.05) is 0 Å². The maximum atomic E-state index is 6.20. The maximum absolute atomic E-state index is 6.20. The zero-order valence-electron chi connectivity index (χ0n) is 10.8. The van der Waals surface area contributed by atoms with E-state index in [2.05, 4.69) is 13.0 Å². The van der Waals surface area contributed by atoms with Crippen molar-refractivity contribution in [3.63, 3.8) is 0 Å². The molecule has 2 N–H and O–H groups in total. The van der Waals surface area contributed by atoms with Gasteiger partial charge in [-0.15, -0.1) is 0 Å². The molecule has 2 unspecified atom stereocenters. The molecule has 18 heavy (non-hydrogen) atoms. The number of rotatable bonds is 4. The largest absolute Gasteiger partial charge is 0.489 e. The third kappa shape index (κ3) is 3.11. The Morgan fingerprint density at radius 2 is 1.72 bits per heavy atom. The Labute approximate surface area is 108 Å². The Kier molecular flexibility index (Phi) is 4.00. The first-order valence-electron chi connectivity index (χ1n) is 6.20. The average Bonchev–Trinajstić information content (AvgIpc) is 2.39. The molecule has 0 saturated heterocycles. The van der Waals surface area contributed by atoms with Crippen LogP contribution in [0.3, 0.4) is 0 Å². The van der Waals surface area contributed by atoms with Crippen LogP contribution in [-0.4, -0.2) is 6.10 Å². The third-order valence-electron chi connectivity index (χ3n) is 3.00. The predicted octanol–water partition coefficient (Wildman–Crippen LogP) is 3.46. The van der Waals surface area contributed by atoms with Gasteiger partial charge in [-0.25, -0.2) is 0 Å². The van der Waals surface area contributed by atoms with Gasteiger partial charge in [0.2, 0.25) is 0 Å². The van der Waals surface area contributed by atoms with E-state index < -0.39 is 0 Å². The van der Waals surface area contributed by atoms with E-state index >= 15 is 0 Å². The van der Waals surface area contributed by atoms with Gasteiger partial charge in [0.1, 0.15) is 11.9 Å². The molecule has 0 aliphatic rings. The van der Waals surface area contributed by atoms with E-state index in [0.717, 1.165) is 11.3 Å². The summed E-state index contributed by atoms with van der Waals surface area (Å²) in [6.45, 7) is 4.05. The zero-order chi connectivity index (χ0) is 13.0. The zero-order valence-corrected chi connectivity index (χ0v) is 10.8. The summed E-state index contributed by atoms with van der Waals surface area (Å²) in [4.78, 5) is 0. The van der Waals surface area contributed by atoms with Crippen LogP contribution in [0, 0.1) is 6.92 Å². The molecule has 0 aromatic heterocycles.